The van der Waals surface area contributed by atoms with E-state index in [1.165, 1.54) is 5.56 Å². The summed E-state index contributed by atoms with van der Waals surface area (Å²) in [6.07, 6.45) is -0.243. The van der Waals surface area contributed by atoms with Gasteiger partial charge < -0.3 is 9.64 Å². The average molecular weight is 335 g/mol. The average Bonchev–Trinajstić information content (AvgIpc) is 2.74. The monoisotopic (exact) mass is 335 g/mol. The molecule has 1 amide bonds. The summed E-state index contributed by atoms with van der Waals surface area (Å²) in [6.45, 7) is 20.8. The van der Waals surface area contributed by atoms with Crippen molar-refractivity contribution in [2.75, 3.05) is 6.54 Å². The summed E-state index contributed by atoms with van der Waals surface area (Å²) in [6, 6.07) is 0. The molecular formula is C19H33N3O2. The second kappa shape index (κ2) is 5.78. The predicted octanol–water partition coefficient (Wildman–Crippen LogP) is 4.23. The van der Waals surface area contributed by atoms with Crippen molar-refractivity contribution >= 4 is 6.09 Å². The van der Waals surface area contributed by atoms with Gasteiger partial charge in [0.05, 0.1) is 24.5 Å². The second-order valence-electron chi connectivity index (χ2n) is 9.80. The maximum atomic E-state index is 12.5. The van der Waals surface area contributed by atoms with Crippen LogP contribution in [0.15, 0.2) is 0 Å². The Morgan fingerprint density at radius 1 is 0.958 bits per heavy atom. The first-order valence-corrected chi connectivity index (χ1v) is 8.79. The van der Waals surface area contributed by atoms with E-state index in [1.54, 1.807) is 4.90 Å². The third-order valence-corrected chi connectivity index (χ3v) is 4.09. The number of nitrogens with zero attached hydrogens (tertiary/aromatic N) is 3. The Morgan fingerprint density at radius 2 is 1.54 bits per heavy atom. The number of rotatable bonds is 0. The smallest absolute Gasteiger partial charge is 0.410 e. The summed E-state index contributed by atoms with van der Waals surface area (Å²) in [5.41, 5.74) is 3.03. The topological polar surface area (TPSA) is 47.4 Å². The van der Waals surface area contributed by atoms with Crippen molar-refractivity contribution in [1.82, 2.24) is 14.7 Å². The van der Waals surface area contributed by atoms with Gasteiger partial charge in [0.15, 0.2) is 0 Å². The zero-order valence-electron chi connectivity index (χ0n) is 16.8. The van der Waals surface area contributed by atoms with Crippen LogP contribution in [0.2, 0.25) is 0 Å². The van der Waals surface area contributed by atoms with Gasteiger partial charge in [-0.05, 0) is 26.2 Å². The van der Waals surface area contributed by atoms with Gasteiger partial charge in [-0.25, -0.2) is 4.79 Å². The molecule has 136 valence electrons. The van der Waals surface area contributed by atoms with E-state index >= 15 is 0 Å². The number of ether oxygens (including phenoxy) is 1. The lowest BCUT2D eigenvalue weighted by Gasteiger charge is -2.32. The lowest BCUT2D eigenvalue weighted by Crippen LogP contribution is -2.42. The van der Waals surface area contributed by atoms with Gasteiger partial charge in [-0.15, -0.1) is 0 Å². The molecule has 5 nitrogen and oxygen atoms in total. The number of aromatic nitrogens is 2. The summed E-state index contributed by atoms with van der Waals surface area (Å²) in [7, 11) is 0. The normalized spacial score (nSPS) is 16.1. The number of fused-ring (bicyclic) bond motifs is 1. The van der Waals surface area contributed by atoms with Gasteiger partial charge in [-0.1, -0.05) is 41.5 Å². The van der Waals surface area contributed by atoms with E-state index < -0.39 is 5.60 Å². The highest BCUT2D eigenvalue weighted by atomic mass is 16.6. The van der Waals surface area contributed by atoms with Crippen molar-refractivity contribution in [3.63, 3.8) is 0 Å². The third kappa shape index (κ3) is 3.93. The van der Waals surface area contributed by atoms with Crippen LogP contribution < -0.4 is 0 Å². The van der Waals surface area contributed by atoms with Crippen molar-refractivity contribution in [1.29, 1.82) is 0 Å². The molecule has 0 bridgehead atoms. The van der Waals surface area contributed by atoms with E-state index in [4.69, 9.17) is 9.84 Å². The Morgan fingerprint density at radius 3 is 2.00 bits per heavy atom. The summed E-state index contributed by atoms with van der Waals surface area (Å²) < 4.78 is 7.63. The lowest BCUT2D eigenvalue weighted by atomic mass is 9.78. The van der Waals surface area contributed by atoms with E-state index in [1.807, 2.05) is 20.8 Å². The van der Waals surface area contributed by atoms with Crippen LogP contribution in [0, 0.1) is 0 Å². The molecule has 0 radical (unpaired) electrons. The van der Waals surface area contributed by atoms with Crippen LogP contribution in [0.3, 0.4) is 0 Å². The van der Waals surface area contributed by atoms with Gasteiger partial charge in [-0.2, -0.15) is 5.10 Å². The van der Waals surface area contributed by atoms with Crippen LogP contribution in [-0.4, -0.2) is 32.9 Å². The molecule has 0 unspecified atom stereocenters. The Balaban J connectivity index is 2.40. The van der Waals surface area contributed by atoms with Crippen LogP contribution in [0.25, 0.3) is 0 Å². The zero-order valence-corrected chi connectivity index (χ0v) is 16.8. The first-order valence-electron chi connectivity index (χ1n) is 8.79. The largest absolute Gasteiger partial charge is 0.444 e. The Hall–Kier alpha value is -1.52. The van der Waals surface area contributed by atoms with Crippen molar-refractivity contribution in [2.24, 2.45) is 0 Å². The molecular weight excluding hydrogens is 302 g/mol. The first kappa shape index (κ1) is 18.8. The summed E-state index contributed by atoms with van der Waals surface area (Å²) in [5, 5.41) is 4.89. The van der Waals surface area contributed by atoms with Gasteiger partial charge in [0.25, 0.3) is 0 Å². The molecule has 2 rings (SSSR count). The highest BCUT2D eigenvalue weighted by Gasteiger charge is 2.36. The standard InChI is InChI=1S/C19H33N3O2/c1-17(2,3)14-13-12-21(16(23)24-19(7,8)9)10-11-22(13)20-15(14)18(4,5)6/h10-12H2,1-9H3. The SMILES string of the molecule is CC(C)(C)OC(=O)N1CCn2nc(C(C)(C)C)c(C(C)(C)C)c2C1. The highest BCUT2D eigenvalue weighted by Crippen LogP contribution is 2.37. The lowest BCUT2D eigenvalue weighted by molar-refractivity contribution is 0.0193. The van der Waals surface area contributed by atoms with Crippen LogP contribution in [0.5, 0.6) is 0 Å². The van der Waals surface area contributed by atoms with E-state index in [0.717, 1.165) is 11.4 Å². The van der Waals surface area contributed by atoms with Crippen molar-refractivity contribution in [2.45, 2.75) is 91.8 Å². The van der Waals surface area contributed by atoms with Crippen LogP contribution in [0.4, 0.5) is 4.79 Å². The fourth-order valence-corrected chi connectivity index (χ4v) is 3.11. The molecule has 0 aliphatic carbocycles. The van der Waals surface area contributed by atoms with Crippen molar-refractivity contribution in [3.05, 3.63) is 17.0 Å². The van der Waals surface area contributed by atoms with E-state index in [9.17, 15) is 4.79 Å². The molecule has 0 saturated heterocycles. The van der Waals surface area contributed by atoms with Crippen molar-refractivity contribution < 1.29 is 9.53 Å². The maximum Gasteiger partial charge on any atom is 0.410 e. The maximum absolute atomic E-state index is 12.5. The minimum absolute atomic E-state index is 0.0207. The second-order valence-corrected chi connectivity index (χ2v) is 9.80. The van der Waals surface area contributed by atoms with Crippen LogP contribution >= 0.6 is 0 Å². The molecule has 1 aliphatic heterocycles. The van der Waals surface area contributed by atoms with E-state index in [-0.39, 0.29) is 16.9 Å². The Bertz CT molecular complexity index is 625. The van der Waals surface area contributed by atoms with Gasteiger partial charge >= 0.3 is 6.09 Å². The molecule has 5 heteroatoms. The molecule has 24 heavy (non-hydrogen) atoms. The molecule has 0 atom stereocenters. The Labute approximate surface area is 146 Å². The van der Waals surface area contributed by atoms with Gasteiger partial charge in [-0.3, -0.25) is 4.68 Å². The fraction of sp³-hybridized carbons (Fsp3) is 0.789. The van der Waals surface area contributed by atoms with Gasteiger partial charge in [0.2, 0.25) is 0 Å². The molecule has 1 aromatic heterocycles. The molecule has 0 spiro atoms. The summed E-state index contributed by atoms with van der Waals surface area (Å²) in [5.74, 6) is 0. The fourth-order valence-electron chi connectivity index (χ4n) is 3.11. The minimum Gasteiger partial charge on any atom is -0.444 e. The van der Waals surface area contributed by atoms with Gasteiger partial charge in [0, 0.05) is 17.5 Å². The van der Waals surface area contributed by atoms with E-state index in [2.05, 4.69) is 46.2 Å². The molecule has 2 heterocycles. The summed E-state index contributed by atoms with van der Waals surface area (Å²) in [4.78, 5) is 14.3. The summed E-state index contributed by atoms with van der Waals surface area (Å²) >= 11 is 0. The molecule has 1 aliphatic rings. The van der Waals surface area contributed by atoms with Gasteiger partial charge in [0.1, 0.15) is 5.60 Å². The number of carbonyl (C=O) groups excluding carboxylic acids is 1. The first-order chi connectivity index (χ1) is 10.7. The molecule has 1 aromatic rings. The Kier molecular flexibility index (Phi) is 4.53. The number of hydrogen-bond donors (Lipinski definition) is 0. The number of carbonyl (C=O) groups is 1. The molecule has 0 aromatic carbocycles. The zero-order chi connectivity index (χ0) is 18.5. The quantitative estimate of drug-likeness (QED) is 0.713. The highest BCUT2D eigenvalue weighted by molar-refractivity contribution is 5.68. The van der Waals surface area contributed by atoms with E-state index in [0.29, 0.717) is 19.6 Å². The molecule has 0 N–H and O–H groups in total. The molecule has 0 fully saturated rings. The molecule has 0 saturated carbocycles. The van der Waals surface area contributed by atoms with Crippen LogP contribution in [-0.2, 0) is 28.7 Å². The minimum atomic E-state index is -0.474. The van der Waals surface area contributed by atoms with Crippen molar-refractivity contribution in [3.8, 4) is 0 Å². The third-order valence-electron chi connectivity index (χ3n) is 4.09. The van der Waals surface area contributed by atoms with Crippen LogP contribution in [0.1, 0.15) is 79.3 Å². The number of hydrogen-bond acceptors (Lipinski definition) is 3. The predicted molar refractivity (Wildman–Crippen MR) is 96.3 cm³/mol. The number of amides is 1.